The number of amidine groups is 1. The number of aliphatic imine (C=N–C) groups is 1. The molecule has 0 aliphatic rings. The van der Waals surface area contributed by atoms with Gasteiger partial charge in [0.05, 0.1) is 0 Å². The maximum atomic E-state index is 11.8. The van der Waals surface area contributed by atoms with E-state index < -0.39 is 23.4 Å². The van der Waals surface area contributed by atoms with Gasteiger partial charge in [0.15, 0.2) is 0 Å². The normalized spacial score (nSPS) is 13.1. The van der Waals surface area contributed by atoms with Crippen molar-refractivity contribution in [2.24, 2.45) is 10.9 Å². The third-order valence-corrected chi connectivity index (χ3v) is 8.08. The number of unbranched alkanes of at least 4 members (excludes halogenated alkanes) is 1. The summed E-state index contributed by atoms with van der Waals surface area (Å²) in [7, 11) is 0. The van der Waals surface area contributed by atoms with Crippen LogP contribution in [0.2, 0.25) is 0 Å². The van der Waals surface area contributed by atoms with Crippen molar-refractivity contribution in [3.63, 3.8) is 0 Å². The van der Waals surface area contributed by atoms with Gasteiger partial charge in [0.1, 0.15) is 29.4 Å². The highest BCUT2D eigenvalue weighted by Gasteiger charge is 2.22. The highest BCUT2D eigenvalue weighted by Crippen LogP contribution is 2.28. The Kier molecular flexibility index (Phi) is 15.2. The van der Waals surface area contributed by atoms with Crippen LogP contribution in [0.15, 0.2) is 74.7 Å². The second-order valence-corrected chi connectivity index (χ2v) is 15.5. The molecule has 4 aromatic rings. The van der Waals surface area contributed by atoms with Crippen LogP contribution in [0.4, 0.5) is 9.59 Å². The summed E-state index contributed by atoms with van der Waals surface area (Å²) in [5, 5.41) is 8.96. The van der Waals surface area contributed by atoms with Crippen molar-refractivity contribution in [1.29, 1.82) is 0 Å². The van der Waals surface area contributed by atoms with E-state index in [4.69, 9.17) is 18.7 Å². The molecule has 0 fully saturated rings. The van der Waals surface area contributed by atoms with Gasteiger partial charge in [0.25, 0.3) is 0 Å². The van der Waals surface area contributed by atoms with E-state index in [0.717, 1.165) is 50.9 Å². The molecule has 4 rings (SSSR count). The fraction of sp³-hybridized carbons (Fsp3) is 0.475. The van der Waals surface area contributed by atoms with E-state index in [-0.39, 0.29) is 17.7 Å². The number of hydrogen-bond donors (Lipinski definition) is 1. The largest absolute Gasteiger partial charge is 0.489 e. The van der Waals surface area contributed by atoms with Crippen molar-refractivity contribution in [1.82, 2.24) is 15.5 Å². The zero-order valence-electron chi connectivity index (χ0n) is 31.6. The summed E-state index contributed by atoms with van der Waals surface area (Å²) >= 11 is 3.45. The summed E-state index contributed by atoms with van der Waals surface area (Å²) < 4.78 is 22.8. The number of nitrogens with zero attached hydrogens (tertiary/aromatic N) is 3. The number of carbonyl (C=O) groups excluding carboxylic acids is 2. The van der Waals surface area contributed by atoms with E-state index in [1.165, 1.54) is 12.8 Å². The maximum Gasteiger partial charge on any atom is 0.435 e. The molecule has 1 N–H and O–H groups in total. The molecule has 0 spiro atoms. The van der Waals surface area contributed by atoms with E-state index >= 15 is 0 Å². The molecule has 0 radical (unpaired) electrons. The van der Waals surface area contributed by atoms with E-state index in [1.54, 1.807) is 41.5 Å². The second kappa shape index (κ2) is 18.8. The first-order valence-corrected chi connectivity index (χ1v) is 18.3. The van der Waals surface area contributed by atoms with Crippen LogP contribution in [0, 0.1) is 5.92 Å². The molecule has 3 aromatic carbocycles. The minimum atomic E-state index is -0.728. The highest BCUT2D eigenvalue weighted by molar-refractivity contribution is 9.10. The molecule has 2 atom stereocenters. The van der Waals surface area contributed by atoms with Gasteiger partial charge in [0, 0.05) is 21.9 Å². The number of alkyl carbamates (subject to hydrolysis) is 1. The number of aromatic nitrogens is 2. The Bertz CT molecular complexity index is 1760. The summed E-state index contributed by atoms with van der Waals surface area (Å²) in [4.78, 5) is 32.0. The molecule has 11 heteroatoms. The van der Waals surface area contributed by atoms with Gasteiger partial charge in [-0.05, 0) is 101 Å². The van der Waals surface area contributed by atoms with Gasteiger partial charge in [-0.3, -0.25) is 5.32 Å². The lowest BCUT2D eigenvalue weighted by Crippen LogP contribution is -2.39. The molecule has 1 unspecified atom stereocenters. The van der Waals surface area contributed by atoms with Gasteiger partial charge in [-0.15, -0.1) is 0 Å². The summed E-state index contributed by atoms with van der Waals surface area (Å²) in [5.41, 5.74) is 0.849. The Morgan fingerprint density at radius 2 is 1.55 bits per heavy atom. The molecule has 0 bridgehead atoms. The molecule has 0 aliphatic carbocycles. The monoisotopic (exact) mass is 764 g/mol. The van der Waals surface area contributed by atoms with Gasteiger partial charge < -0.3 is 18.7 Å². The molecule has 51 heavy (non-hydrogen) atoms. The zero-order valence-corrected chi connectivity index (χ0v) is 33.2. The number of ether oxygens (including phenoxy) is 3. The van der Waals surface area contributed by atoms with Gasteiger partial charge in [-0.25, -0.2) is 9.59 Å². The average molecular weight is 766 g/mol. The Labute approximate surface area is 310 Å². The van der Waals surface area contributed by atoms with Crippen LogP contribution in [0.1, 0.15) is 112 Å². The van der Waals surface area contributed by atoms with Crippen LogP contribution < -0.4 is 10.1 Å². The van der Waals surface area contributed by atoms with Gasteiger partial charge >= 0.3 is 12.2 Å². The van der Waals surface area contributed by atoms with Crippen LogP contribution in [0.3, 0.4) is 0 Å². The van der Waals surface area contributed by atoms with Crippen LogP contribution in [-0.2, 0) is 16.1 Å². The van der Waals surface area contributed by atoms with Crippen LogP contribution >= 0.6 is 15.9 Å². The predicted octanol–water partition coefficient (Wildman–Crippen LogP) is 11.4. The molecule has 276 valence electrons. The van der Waals surface area contributed by atoms with Crippen molar-refractivity contribution in [3.05, 3.63) is 76.6 Å². The number of hydrogen-bond acceptors (Lipinski definition) is 8. The van der Waals surface area contributed by atoms with Gasteiger partial charge in [-0.2, -0.15) is 9.98 Å². The Morgan fingerprint density at radius 1 is 0.902 bits per heavy atom. The minimum absolute atomic E-state index is 0.0926. The van der Waals surface area contributed by atoms with Crippen LogP contribution in [-0.4, -0.2) is 39.4 Å². The van der Waals surface area contributed by atoms with Gasteiger partial charge in [0.2, 0.25) is 11.7 Å². The van der Waals surface area contributed by atoms with E-state index in [9.17, 15) is 9.59 Å². The van der Waals surface area contributed by atoms with Crippen molar-refractivity contribution >= 4 is 44.7 Å². The molecule has 0 aliphatic heterocycles. The maximum absolute atomic E-state index is 11.8. The third-order valence-electron chi connectivity index (χ3n) is 7.56. The first kappa shape index (κ1) is 41.2. The molecule has 2 amide bonds. The quantitative estimate of drug-likeness (QED) is 0.125. The van der Waals surface area contributed by atoms with E-state index in [0.29, 0.717) is 12.4 Å². The highest BCUT2D eigenvalue weighted by atomic mass is 79.9. The molecular formula is C40H53BrN4O6. The van der Waals surface area contributed by atoms with E-state index in [1.807, 2.05) is 38.1 Å². The number of rotatable bonds is 10. The summed E-state index contributed by atoms with van der Waals surface area (Å²) in [6.45, 7) is 19.2. The first-order valence-electron chi connectivity index (χ1n) is 17.5. The van der Waals surface area contributed by atoms with Crippen molar-refractivity contribution in [2.75, 3.05) is 0 Å². The minimum Gasteiger partial charge on any atom is -0.489 e. The Balaban J connectivity index is 0.000000297. The van der Waals surface area contributed by atoms with Crippen molar-refractivity contribution in [2.45, 2.75) is 119 Å². The summed E-state index contributed by atoms with van der Waals surface area (Å²) in [6, 6.07) is 20.5. The SMILES string of the molecule is CCC(C)/C(=N\C(=O)OC(C)(C)C)NC(=O)OC(C)(C)C.CCCC[C@H](C)c1nc(-c2ccc3cc(OCc4ccc(Br)cc4)ccc3c2)no1. The Morgan fingerprint density at radius 3 is 2.18 bits per heavy atom. The van der Waals surface area contributed by atoms with E-state index in [2.05, 4.69) is 86.6 Å². The predicted molar refractivity (Wildman–Crippen MR) is 206 cm³/mol. The summed E-state index contributed by atoms with van der Waals surface area (Å²) in [6.07, 6.45) is 2.77. The number of amides is 2. The topological polar surface area (TPSA) is 125 Å². The molecule has 0 saturated heterocycles. The first-order chi connectivity index (χ1) is 24.0. The number of fused-ring (bicyclic) bond motifs is 1. The van der Waals surface area contributed by atoms with Crippen LogP contribution in [0.25, 0.3) is 22.2 Å². The smallest absolute Gasteiger partial charge is 0.435 e. The number of benzene rings is 3. The number of carbonyl (C=O) groups is 2. The van der Waals surface area contributed by atoms with Crippen molar-refractivity contribution < 1.29 is 28.3 Å². The lowest BCUT2D eigenvalue weighted by atomic mass is 10.0. The number of halogens is 1. The molecule has 1 aromatic heterocycles. The molecule has 1 heterocycles. The Hall–Kier alpha value is -4.25. The lowest BCUT2D eigenvalue weighted by Gasteiger charge is -2.22. The standard InChI is InChI=1S/C25H25BrN2O2.C15H28N2O4/c1-3-4-5-17(2)25-27-24(28-30-25)21-9-8-20-15-23(13-10-19(20)14-21)29-16-18-6-11-22(26)12-7-18;1-9-10(2)11(16-12(18)20-14(3,4)5)17-13(19)21-15(6,7)8/h6-15,17H,3-5,16H2,1-2H3;10H,9H2,1-8H3,(H,16,17,18,19)/t17-;/m0./s1. The van der Waals surface area contributed by atoms with Crippen LogP contribution in [0.5, 0.6) is 5.75 Å². The molecule has 0 saturated carbocycles. The zero-order chi connectivity index (χ0) is 37.8. The molecule has 10 nitrogen and oxygen atoms in total. The van der Waals surface area contributed by atoms with Gasteiger partial charge in [-0.1, -0.05) is 92.0 Å². The summed E-state index contributed by atoms with van der Waals surface area (Å²) in [5.74, 6) is 2.66. The second-order valence-electron chi connectivity index (χ2n) is 14.6. The fourth-order valence-electron chi connectivity index (χ4n) is 4.63. The molecular weight excluding hydrogens is 712 g/mol. The average Bonchev–Trinajstić information content (AvgIpc) is 3.55. The van der Waals surface area contributed by atoms with Crippen molar-refractivity contribution in [3.8, 4) is 17.1 Å². The fourth-order valence-corrected chi connectivity index (χ4v) is 4.90. The number of nitrogens with one attached hydrogen (secondary N) is 1. The third kappa shape index (κ3) is 14.5. The lowest BCUT2D eigenvalue weighted by molar-refractivity contribution is 0.0559.